The van der Waals surface area contributed by atoms with Crippen molar-refractivity contribution in [3.63, 3.8) is 0 Å². The van der Waals surface area contributed by atoms with Crippen LogP contribution in [-0.4, -0.2) is 17.5 Å². The maximum absolute atomic E-state index is 12.5. The molecule has 0 atom stereocenters. The third kappa shape index (κ3) is 4.79. The molecule has 0 aliphatic rings. The van der Waals surface area contributed by atoms with Gasteiger partial charge in [0.25, 0.3) is 5.91 Å². The lowest BCUT2D eigenvalue weighted by Gasteiger charge is -2.07. The van der Waals surface area contributed by atoms with Gasteiger partial charge in [0, 0.05) is 17.0 Å². The molecule has 5 heteroatoms. The Kier molecular flexibility index (Phi) is 5.61. The second-order valence-electron chi connectivity index (χ2n) is 6.41. The first-order valence-corrected chi connectivity index (χ1v) is 8.71. The number of fused-ring (bicyclic) bond motifs is 1. The van der Waals surface area contributed by atoms with Gasteiger partial charge in [-0.05, 0) is 42.8 Å². The van der Waals surface area contributed by atoms with Crippen LogP contribution in [0.4, 0.5) is 5.69 Å². The number of hydrogen-bond acceptors (Lipinski definition) is 3. The standard InChI is InChI=1S/C22H21N3O2/c1-15-10-12-18(13-11-15)23-21(26)14-16(2)24-25-22(27)20-9-5-7-17-6-3-4-8-19(17)20/h3-13H,14H2,1-2H3,(H,23,26)(H,25,27). The van der Waals surface area contributed by atoms with E-state index in [0.29, 0.717) is 11.3 Å². The number of aryl methyl sites for hydroxylation is 1. The van der Waals surface area contributed by atoms with Crippen molar-refractivity contribution in [3.8, 4) is 0 Å². The summed E-state index contributed by atoms with van der Waals surface area (Å²) in [5.41, 5.74) is 5.47. The smallest absolute Gasteiger partial charge is 0.271 e. The number of hydrogen-bond donors (Lipinski definition) is 2. The molecule has 5 nitrogen and oxygen atoms in total. The van der Waals surface area contributed by atoms with Gasteiger partial charge in [-0.25, -0.2) is 5.43 Å². The predicted octanol–water partition coefficient (Wildman–Crippen LogP) is 4.28. The van der Waals surface area contributed by atoms with Crippen LogP contribution in [0.2, 0.25) is 0 Å². The maximum Gasteiger partial charge on any atom is 0.271 e. The maximum atomic E-state index is 12.5. The number of rotatable bonds is 5. The van der Waals surface area contributed by atoms with Crippen molar-refractivity contribution in [2.24, 2.45) is 5.10 Å². The molecule has 3 aromatic carbocycles. The van der Waals surface area contributed by atoms with E-state index in [2.05, 4.69) is 15.8 Å². The summed E-state index contributed by atoms with van der Waals surface area (Å²) in [5.74, 6) is -0.482. The van der Waals surface area contributed by atoms with Crippen molar-refractivity contribution in [3.05, 3.63) is 77.9 Å². The summed E-state index contributed by atoms with van der Waals surface area (Å²) in [4.78, 5) is 24.5. The first-order chi connectivity index (χ1) is 13.0. The summed E-state index contributed by atoms with van der Waals surface area (Å²) < 4.78 is 0. The molecule has 0 aliphatic carbocycles. The number of carbonyl (C=O) groups excluding carboxylic acids is 2. The van der Waals surface area contributed by atoms with Gasteiger partial charge in [0.15, 0.2) is 0 Å². The molecule has 0 aliphatic heterocycles. The zero-order chi connectivity index (χ0) is 19.2. The van der Waals surface area contributed by atoms with E-state index < -0.39 is 0 Å². The van der Waals surface area contributed by atoms with Crippen LogP contribution in [0.5, 0.6) is 0 Å². The predicted molar refractivity (Wildman–Crippen MR) is 109 cm³/mol. The Morgan fingerprint density at radius 3 is 2.41 bits per heavy atom. The fraction of sp³-hybridized carbons (Fsp3) is 0.136. The summed E-state index contributed by atoms with van der Waals surface area (Å²) >= 11 is 0. The molecule has 0 aromatic heterocycles. The van der Waals surface area contributed by atoms with E-state index in [0.717, 1.165) is 22.0 Å². The molecule has 0 bridgehead atoms. The van der Waals surface area contributed by atoms with Crippen LogP contribution in [0.15, 0.2) is 71.8 Å². The number of carbonyl (C=O) groups is 2. The van der Waals surface area contributed by atoms with Crippen molar-refractivity contribution in [2.45, 2.75) is 20.3 Å². The minimum Gasteiger partial charge on any atom is -0.326 e. The Morgan fingerprint density at radius 1 is 0.926 bits per heavy atom. The monoisotopic (exact) mass is 359 g/mol. The van der Waals surface area contributed by atoms with Crippen LogP contribution in [0.1, 0.15) is 29.3 Å². The summed E-state index contributed by atoms with van der Waals surface area (Å²) in [7, 11) is 0. The minimum absolute atomic E-state index is 0.101. The molecule has 3 aromatic rings. The summed E-state index contributed by atoms with van der Waals surface area (Å²) in [6.07, 6.45) is 0.101. The zero-order valence-electron chi connectivity index (χ0n) is 15.3. The topological polar surface area (TPSA) is 70.6 Å². The van der Waals surface area contributed by atoms with Crippen LogP contribution < -0.4 is 10.7 Å². The summed E-state index contributed by atoms with van der Waals surface area (Å²) in [6.45, 7) is 3.69. The van der Waals surface area contributed by atoms with Crippen LogP contribution in [0.25, 0.3) is 10.8 Å². The Hall–Kier alpha value is -3.47. The highest BCUT2D eigenvalue weighted by Gasteiger charge is 2.10. The van der Waals surface area contributed by atoms with E-state index in [4.69, 9.17) is 0 Å². The second-order valence-corrected chi connectivity index (χ2v) is 6.41. The first-order valence-electron chi connectivity index (χ1n) is 8.71. The average molecular weight is 359 g/mol. The molecule has 0 fully saturated rings. The van der Waals surface area contributed by atoms with E-state index in [1.165, 1.54) is 0 Å². The normalized spacial score (nSPS) is 11.3. The van der Waals surface area contributed by atoms with Crippen molar-refractivity contribution < 1.29 is 9.59 Å². The van der Waals surface area contributed by atoms with Crippen molar-refractivity contribution >= 4 is 34.0 Å². The number of nitrogens with one attached hydrogen (secondary N) is 2. The lowest BCUT2D eigenvalue weighted by Crippen LogP contribution is -2.21. The Labute approximate surface area is 158 Å². The average Bonchev–Trinajstić information content (AvgIpc) is 2.67. The molecular weight excluding hydrogens is 338 g/mol. The number of amides is 2. The highest BCUT2D eigenvalue weighted by Crippen LogP contribution is 2.18. The lowest BCUT2D eigenvalue weighted by molar-refractivity contribution is -0.115. The zero-order valence-corrected chi connectivity index (χ0v) is 15.3. The number of anilines is 1. The lowest BCUT2D eigenvalue weighted by atomic mass is 10.0. The van der Waals surface area contributed by atoms with Crippen LogP contribution in [0.3, 0.4) is 0 Å². The molecule has 2 amide bonds. The fourth-order valence-electron chi connectivity index (χ4n) is 2.74. The SMILES string of the molecule is CC(CC(=O)Nc1ccc(C)cc1)=NNC(=O)c1cccc2ccccc12. The van der Waals surface area contributed by atoms with Gasteiger partial charge < -0.3 is 5.32 Å². The highest BCUT2D eigenvalue weighted by molar-refractivity contribution is 6.08. The van der Waals surface area contributed by atoms with E-state index in [1.54, 1.807) is 13.0 Å². The molecular formula is C22H21N3O2. The number of nitrogens with zero attached hydrogens (tertiary/aromatic N) is 1. The van der Waals surface area contributed by atoms with Gasteiger partial charge in [0.05, 0.1) is 6.42 Å². The van der Waals surface area contributed by atoms with E-state index in [-0.39, 0.29) is 18.2 Å². The van der Waals surface area contributed by atoms with Crippen molar-refractivity contribution in [2.75, 3.05) is 5.32 Å². The van der Waals surface area contributed by atoms with E-state index in [1.807, 2.05) is 67.6 Å². The quantitative estimate of drug-likeness (QED) is 0.527. The van der Waals surface area contributed by atoms with Gasteiger partial charge in [-0.3, -0.25) is 9.59 Å². The Bertz CT molecular complexity index is 1000. The molecule has 0 spiro atoms. The molecule has 0 radical (unpaired) electrons. The van der Waals surface area contributed by atoms with Gasteiger partial charge >= 0.3 is 0 Å². The van der Waals surface area contributed by atoms with Crippen LogP contribution in [-0.2, 0) is 4.79 Å². The second kappa shape index (κ2) is 8.27. The Morgan fingerprint density at radius 2 is 1.63 bits per heavy atom. The van der Waals surface area contributed by atoms with E-state index >= 15 is 0 Å². The van der Waals surface area contributed by atoms with Gasteiger partial charge in [0.2, 0.25) is 5.91 Å². The van der Waals surface area contributed by atoms with Gasteiger partial charge in [-0.1, -0.05) is 54.1 Å². The number of hydrazone groups is 1. The van der Waals surface area contributed by atoms with Crippen molar-refractivity contribution in [1.29, 1.82) is 0 Å². The molecule has 27 heavy (non-hydrogen) atoms. The molecule has 0 heterocycles. The van der Waals surface area contributed by atoms with Gasteiger partial charge in [-0.15, -0.1) is 0 Å². The fourth-order valence-corrected chi connectivity index (χ4v) is 2.74. The first kappa shape index (κ1) is 18.3. The number of benzene rings is 3. The van der Waals surface area contributed by atoms with Crippen LogP contribution >= 0.6 is 0 Å². The van der Waals surface area contributed by atoms with Crippen molar-refractivity contribution in [1.82, 2.24) is 5.43 Å². The molecule has 0 saturated heterocycles. The Balaban J connectivity index is 1.61. The summed E-state index contributed by atoms with van der Waals surface area (Å²) in [6, 6.07) is 20.8. The summed E-state index contributed by atoms with van der Waals surface area (Å²) in [5, 5.41) is 8.72. The highest BCUT2D eigenvalue weighted by atomic mass is 16.2. The third-order valence-electron chi connectivity index (χ3n) is 4.13. The molecule has 136 valence electrons. The molecule has 2 N–H and O–H groups in total. The minimum atomic E-state index is -0.301. The molecule has 3 rings (SSSR count). The largest absolute Gasteiger partial charge is 0.326 e. The molecule has 0 saturated carbocycles. The third-order valence-corrected chi connectivity index (χ3v) is 4.13. The van der Waals surface area contributed by atoms with Crippen LogP contribution in [0, 0.1) is 6.92 Å². The van der Waals surface area contributed by atoms with Gasteiger partial charge in [-0.2, -0.15) is 5.10 Å². The van der Waals surface area contributed by atoms with E-state index in [9.17, 15) is 9.59 Å². The van der Waals surface area contributed by atoms with Gasteiger partial charge in [0.1, 0.15) is 0 Å². The molecule has 0 unspecified atom stereocenters.